The van der Waals surface area contributed by atoms with Crippen LogP contribution in [0.25, 0.3) is 11.5 Å². The van der Waals surface area contributed by atoms with Crippen LogP contribution < -0.4 is 0 Å². The highest BCUT2D eigenvalue weighted by Gasteiger charge is 2.21. The van der Waals surface area contributed by atoms with E-state index < -0.39 is 5.97 Å². The third-order valence-corrected chi connectivity index (χ3v) is 3.14. The van der Waals surface area contributed by atoms with Gasteiger partial charge in [-0.2, -0.15) is 0 Å². The van der Waals surface area contributed by atoms with Crippen LogP contribution in [0.1, 0.15) is 9.67 Å². The summed E-state index contributed by atoms with van der Waals surface area (Å²) >= 11 is 6.64. The standard InChI is InChI=1S/C9H8ClN3O3S/c1-16-4-13-3-2-11-7(13)5-6(8(14)15)17-9(10)12-5/h2-3H,4H2,1H3,(H,14,15). The molecule has 2 aromatic rings. The van der Waals surface area contributed by atoms with Crippen LogP contribution in [0.2, 0.25) is 4.47 Å². The lowest BCUT2D eigenvalue weighted by molar-refractivity contribution is 0.0702. The molecule has 0 unspecified atom stereocenters. The van der Waals surface area contributed by atoms with Gasteiger partial charge < -0.3 is 14.4 Å². The zero-order chi connectivity index (χ0) is 12.4. The van der Waals surface area contributed by atoms with Crippen LogP contribution in [-0.2, 0) is 11.5 Å². The smallest absolute Gasteiger partial charge is 0.348 e. The van der Waals surface area contributed by atoms with Gasteiger partial charge in [-0.1, -0.05) is 22.9 Å². The van der Waals surface area contributed by atoms with Crippen LogP contribution in [-0.4, -0.2) is 32.7 Å². The maximum Gasteiger partial charge on any atom is 0.348 e. The van der Waals surface area contributed by atoms with Gasteiger partial charge in [-0.15, -0.1) is 0 Å². The number of hydrogen-bond donors (Lipinski definition) is 1. The number of carboxylic acid groups (broad SMARTS) is 1. The van der Waals surface area contributed by atoms with Crippen LogP contribution in [0.15, 0.2) is 12.4 Å². The minimum atomic E-state index is -1.07. The molecule has 2 heterocycles. The summed E-state index contributed by atoms with van der Waals surface area (Å²) in [6.07, 6.45) is 3.23. The largest absolute Gasteiger partial charge is 0.477 e. The molecular formula is C9H8ClN3O3S. The lowest BCUT2D eigenvalue weighted by Crippen LogP contribution is -2.04. The van der Waals surface area contributed by atoms with Crippen molar-refractivity contribution in [3.63, 3.8) is 0 Å². The predicted octanol–water partition coefficient (Wildman–Crippen LogP) is 1.96. The minimum absolute atomic E-state index is 0.0681. The summed E-state index contributed by atoms with van der Waals surface area (Å²) in [7, 11) is 1.54. The second-order valence-electron chi connectivity index (χ2n) is 3.09. The molecule has 17 heavy (non-hydrogen) atoms. The lowest BCUT2D eigenvalue weighted by atomic mass is 10.3. The molecular weight excluding hydrogens is 266 g/mol. The molecule has 0 amide bonds. The van der Waals surface area contributed by atoms with E-state index in [0.29, 0.717) is 5.82 Å². The van der Waals surface area contributed by atoms with Crippen molar-refractivity contribution in [2.75, 3.05) is 7.11 Å². The van der Waals surface area contributed by atoms with Crippen LogP contribution in [0.4, 0.5) is 0 Å². The van der Waals surface area contributed by atoms with E-state index in [1.807, 2.05) is 0 Å². The molecule has 0 spiro atoms. The molecule has 2 aromatic heterocycles. The average Bonchev–Trinajstić information content (AvgIpc) is 2.84. The summed E-state index contributed by atoms with van der Waals surface area (Å²) in [5.74, 6) is -0.649. The van der Waals surface area contributed by atoms with E-state index in [4.69, 9.17) is 21.4 Å². The number of imidazole rings is 1. The summed E-state index contributed by atoms with van der Waals surface area (Å²) in [4.78, 5) is 19.2. The molecule has 90 valence electrons. The molecule has 0 fully saturated rings. The summed E-state index contributed by atoms with van der Waals surface area (Å²) in [5.41, 5.74) is 0.259. The lowest BCUT2D eigenvalue weighted by Gasteiger charge is -2.04. The van der Waals surface area contributed by atoms with Gasteiger partial charge in [0.2, 0.25) is 0 Å². The molecule has 0 saturated heterocycles. The van der Waals surface area contributed by atoms with E-state index in [-0.39, 0.29) is 21.8 Å². The molecule has 0 aliphatic rings. The Kier molecular flexibility index (Phi) is 3.41. The normalized spacial score (nSPS) is 10.7. The number of thiazole rings is 1. The number of hydrogen-bond acceptors (Lipinski definition) is 5. The molecule has 1 N–H and O–H groups in total. The Hall–Kier alpha value is -1.44. The van der Waals surface area contributed by atoms with E-state index in [1.165, 1.54) is 7.11 Å². The average molecular weight is 274 g/mol. The highest BCUT2D eigenvalue weighted by Crippen LogP contribution is 2.29. The third-order valence-electron chi connectivity index (χ3n) is 1.99. The fourth-order valence-electron chi connectivity index (χ4n) is 1.36. The van der Waals surface area contributed by atoms with Gasteiger partial charge in [0.25, 0.3) is 0 Å². The van der Waals surface area contributed by atoms with Crippen molar-refractivity contribution in [3.8, 4) is 11.5 Å². The van der Waals surface area contributed by atoms with Crippen LogP contribution in [0.5, 0.6) is 0 Å². The molecule has 0 bridgehead atoms. The molecule has 0 saturated carbocycles. The van der Waals surface area contributed by atoms with Gasteiger partial charge in [-0.3, -0.25) is 0 Å². The van der Waals surface area contributed by atoms with Crippen molar-refractivity contribution in [1.29, 1.82) is 0 Å². The second kappa shape index (κ2) is 4.82. The summed E-state index contributed by atoms with van der Waals surface area (Å²) in [5, 5.41) is 9.04. The zero-order valence-corrected chi connectivity index (χ0v) is 10.3. The number of carbonyl (C=O) groups is 1. The number of rotatable bonds is 4. The van der Waals surface area contributed by atoms with Crippen molar-refractivity contribution in [3.05, 3.63) is 21.7 Å². The van der Waals surface area contributed by atoms with Crippen molar-refractivity contribution < 1.29 is 14.6 Å². The molecule has 0 aromatic carbocycles. The van der Waals surface area contributed by atoms with E-state index in [0.717, 1.165) is 11.3 Å². The fraction of sp³-hybridized carbons (Fsp3) is 0.222. The maximum atomic E-state index is 11.0. The Bertz CT molecular complexity index is 551. The van der Waals surface area contributed by atoms with Crippen molar-refractivity contribution >= 4 is 28.9 Å². The summed E-state index contributed by atoms with van der Waals surface area (Å²) < 4.78 is 6.80. The number of methoxy groups -OCH3 is 1. The molecule has 0 aliphatic heterocycles. The van der Waals surface area contributed by atoms with Crippen molar-refractivity contribution in [2.45, 2.75) is 6.73 Å². The number of nitrogens with zero attached hydrogens (tertiary/aromatic N) is 3. The molecule has 6 nitrogen and oxygen atoms in total. The first-order valence-electron chi connectivity index (χ1n) is 4.53. The SMILES string of the molecule is COCn1ccnc1-c1nc(Cl)sc1C(=O)O. The van der Waals surface area contributed by atoms with E-state index in [1.54, 1.807) is 17.0 Å². The van der Waals surface area contributed by atoms with Crippen LogP contribution in [0.3, 0.4) is 0 Å². The van der Waals surface area contributed by atoms with Gasteiger partial charge in [0.1, 0.15) is 17.3 Å². The van der Waals surface area contributed by atoms with E-state index in [9.17, 15) is 4.79 Å². The Morgan fingerprint density at radius 2 is 2.47 bits per heavy atom. The van der Waals surface area contributed by atoms with Gasteiger partial charge in [-0.05, 0) is 0 Å². The minimum Gasteiger partial charge on any atom is -0.477 e. The number of ether oxygens (including phenoxy) is 1. The summed E-state index contributed by atoms with van der Waals surface area (Å²) in [6.45, 7) is 0.267. The Balaban J connectivity index is 2.52. The molecule has 2 rings (SSSR count). The van der Waals surface area contributed by atoms with Crippen molar-refractivity contribution in [1.82, 2.24) is 14.5 Å². The highest BCUT2D eigenvalue weighted by atomic mass is 35.5. The van der Waals surface area contributed by atoms with Gasteiger partial charge in [-0.25, -0.2) is 14.8 Å². The monoisotopic (exact) mass is 273 g/mol. The van der Waals surface area contributed by atoms with Gasteiger partial charge >= 0.3 is 5.97 Å². The van der Waals surface area contributed by atoms with E-state index >= 15 is 0 Å². The first-order valence-corrected chi connectivity index (χ1v) is 5.73. The number of aromatic carboxylic acids is 1. The van der Waals surface area contributed by atoms with Gasteiger partial charge in [0, 0.05) is 19.5 Å². The van der Waals surface area contributed by atoms with Gasteiger partial charge in [0.15, 0.2) is 10.3 Å². The topological polar surface area (TPSA) is 77.2 Å². The number of halogens is 1. The third kappa shape index (κ3) is 2.31. The fourth-order valence-corrected chi connectivity index (χ4v) is 2.30. The maximum absolute atomic E-state index is 11.0. The first-order chi connectivity index (χ1) is 8.13. The van der Waals surface area contributed by atoms with Gasteiger partial charge in [0.05, 0.1) is 0 Å². The Labute approximate surface area is 105 Å². The van der Waals surface area contributed by atoms with Crippen molar-refractivity contribution in [2.24, 2.45) is 0 Å². The van der Waals surface area contributed by atoms with Crippen LogP contribution in [0, 0.1) is 0 Å². The van der Waals surface area contributed by atoms with Crippen LogP contribution >= 0.6 is 22.9 Å². The Morgan fingerprint density at radius 3 is 3.12 bits per heavy atom. The second-order valence-corrected chi connectivity index (χ2v) is 4.67. The Morgan fingerprint density at radius 1 is 1.71 bits per heavy atom. The molecule has 0 atom stereocenters. The quantitative estimate of drug-likeness (QED) is 0.921. The number of aromatic nitrogens is 3. The zero-order valence-electron chi connectivity index (χ0n) is 8.75. The highest BCUT2D eigenvalue weighted by molar-refractivity contribution is 7.17. The first kappa shape index (κ1) is 12.0. The molecule has 0 aliphatic carbocycles. The number of carboxylic acids is 1. The molecule has 0 radical (unpaired) electrons. The summed E-state index contributed by atoms with van der Waals surface area (Å²) in [6, 6.07) is 0. The predicted molar refractivity (Wildman–Crippen MR) is 62.3 cm³/mol. The van der Waals surface area contributed by atoms with E-state index in [2.05, 4.69) is 9.97 Å². The molecule has 8 heteroatoms.